The number of morpholine rings is 1. The molecule has 0 unspecified atom stereocenters. The maximum atomic E-state index is 12.0. The van der Waals surface area contributed by atoms with Gasteiger partial charge in [-0.05, 0) is 17.5 Å². The summed E-state index contributed by atoms with van der Waals surface area (Å²) in [5.41, 5.74) is 0.217. The molecule has 1 aliphatic heterocycles. The van der Waals surface area contributed by atoms with Crippen molar-refractivity contribution < 1.29 is 9.53 Å². The Hall–Kier alpha value is -0.910. The molecule has 2 rings (SSSR count). The Balaban J connectivity index is 1.67. The summed E-state index contributed by atoms with van der Waals surface area (Å²) in [7, 11) is 0. The van der Waals surface area contributed by atoms with Crippen LogP contribution in [0.5, 0.6) is 0 Å². The number of amides is 1. The number of carbonyl (C=O) groups excluding carboxylic acids is 1. The summed E-state index contributed by atoms with van der Waals surface area (Å²) in [6, 6.07) is 4.39. The van der Waals surface area contributed by atoms with E-state index in [2.05, 4.69) is 38.2 Å². The molecule has 0 aliphatic carbocycles. The molecule has 21 heavy (non-hydrogen) atoms. The van der Waals surface area contributed by atoms with E-state index >= 15 is 0 Å². The lowest BCUT2D eigenvalue weighted by Gasteiger charge is -2.26. The average Bonchev–Trinajstić information content (AvgIpc) is 2.93. The molecule has 0 atom stereocenters. The molecule has 2 heterocycles. The molecule has 1 aromatic rings. The number of nitrogens with zero attached hydrogens (tertiary/aromatic N) is 1. The molecule has 0 aromatic carbocycles. The normalized spacial score (nSPS) is 16.2. The number of carbonyl (C=O) groups is 1. The molecular weight excluding hydrogens is 284 g/mol. The molecule has 1 saturated heterocycles. The van der Waals surface area contributed by atoms with Crippen molar-refractivity contribution in [2.75, 3.05) is 32.8 Å². The van der Waals surface area contributed by atoms with Crippen LogP contribution in [0.1, 0.15) is 36.9 Å². The van der Waals surface area contributed by atoms with Gasteiger partial charge in [0.2, 0.25) is 5.91 Å². The number of rotatable bonds is 5. The second-order valence-electron chi connectivity index (χ2n) is 6.44. The third kappa shape index (κ3) is 5.09. The van der Waals surface area contributed by atoms with Crippen molar-refractivity contribution in [2.45, 2.75) is 39.2 Å². The second kappa shape index (κ2) is 7.38. The lowest BCUT2D eigenvalue weighted by atomic mass is 9.95. The van der Waals surface area contributed by atoms with Gasteiger partial charge in [-0.15, -0.1) is 11.3 Å². The van der Waals surface area contributed by atoms with E-state index in [0.29, 0.717) is 19.6 Å². The lowest BCUT2D eigenvalue weighted by molar-refractivity contribution is -0.135. The van der Waals surface area contributed by atoms with Crippen LogP contribution in [0.2, 0.25) is 0 Å². The highest BCUT2D eigenvalue weighted by Crippen LogP contribution is 2.29. The van der Waals surface area contributed by atoms with E-state index in [-0.39, 0.29) is 11.3 Å². The van der Waals surface area contributed by atoms with Crippen molar-refractivity contribution in [2.24, 2.45) is 0 Å². The van der Waals surface area contributed by atoms with E-state index in [0.717, 1.165) is 26.2 Å². The van der Waals surface area contributed by atoms with Crippen LogP contribution in [0.3, 0.4) is 0 Å². The first kappa shape index (κ1) is 16.5. The van der Waals surface area contributed by atoms with Crippen LogP contribution in [0.4, 0.5) is 0 Å². The van der Waals surface area contributed by atoms with Gasteiger partial charge in [-0.1, -0.05) is 20.8 Å². The summed E-state index contributed by atoms with van der Waals surface area (Å²) in [6.07, 6.45) is 0.567. The van der Waals surface area contributed by atoms with Crippen molar-refractivity contribution in [3.8, 4) is 0 Å². The highest BCUT2D eigenvalue weighted by molar-refractivity contribution is 7.12. The van der Waals surface area contributed by atoms with Gasteiger partial charge in [-0.3, -0.25) is 4.79 Å². The Kier molecular flexibility index (Phi) is 5.79. The van der Waals surface area contributed by atoms with Gasteiger partial charge in [0.1, 0.15) is 0 Å². The predicted molar refractivity (Wildman–Crippen MR) is 86.7 cm³/mol. The standard InChI is InChI=1S/C16H26N2O2S/c1-16(2,3)14-5-4-13(21-14)12-17-7-6-15(19)18-8-10-20-11-9-18/h4-5,17H,6-12H2,1-3H3. The number of hydrogen-bond acceptors (Lipinski definition) is 4. The minimum absolute atomic E-state index is 0.217. The molecule has 1 amide bonds. The number of hydrogen-bond donors (Lipinski definition) is 1. The lowest BCUT2D eigenvalue weighted by Crippen LogP contribution is -2.41. The molecule has 5 heteroatoms. The summed E-state index contributed by atoms with van der Waals surface area (Å²) in [4.78, 5) is 16.6. The zero-order chi connectivity index (χ0) is 15.3. The topological polar surface area (TPSA) is 41.6 Å². The molecule has 1 fully saturated rings. The van der Waals surface area contributed by atoms with E-state index in [1.807, 2.05) is 16.2 Å². The van der Waals surface area contributed by atoms with Gasteiger partial charge in [0, 0.05) is 42.4 Å². The average molecular weight is 310 g/mol. The summed E-state index contributed by atoms with van der Waals surface area (Å²) in [5.74, 6) is 0.229. The Morgan fingerprint density at radius 1 is 1.33 bits per heavy atom. The fourth-order valence-corrected chi connectivity index (χ4v) is 3.29. The maximum absolute atomic E-state index is 12.0. The quantitative estimate of drug-likeness (QED) is 0.849. The number of nitrogens with one attached hydrogen (secondary N) is 1. The van der Waals surface area contributed by atoms with Crippen LogP contribution in [0, 0.1) is 0 Å². The van der Waals surface area contributed by atoms with E-state index in [4.69, 9.17) is 4.74 Å². The first-order chi connectivity index (χ1) is 9.97. The molecule has 0 saturated carbocycles. The molecule has 1 aromatic heterocycles. The fraction of sp³-hybridized carbons (Fsp3) is 0.688. The van der Waals surface area contributed by atoms with Crippen molar-refractivity contribution in [1.82, 2.24) is 10.2 Å². The van der Waals surface area contributed by atoms with Crippen molar-refractivity contribution in [3.05, 3.63) is 21.9 Å². The Morgan fingerprint density at radius 3 is 2.67 bits per heavy atom. The fourth-order valence-electron chi connectivity index (χ4n) is 2.25. The monoisotopic (exact) mass is 310 g/mol. The van der Waals surface area contributed by atoms with Crippen LogP contribution in [0.25, 0.3) is 0 Å². The first-order valence-electron chi connectivity index (χ1n) is 7.62. The highest BCUT2D eigenvalue weighted by atomic mass is 32.1. The van der Waals surface area contributed by atoms with Gasteiger partial charge < -0.3 is 15.0 Å². The number of thiophene rings is 1. The molecule has 0 bridgehead atoms. The summed E-state index contributed by atoms with van der Waals surface area (Å²) >= 11 is 1.85. The van der Waals surface area contributed by atoms with Crippen molar-refractivity contribution in [3.63, 3.8) is 0 Å². The third-order valence-electron chi connectivity index (χ3n) is 3.58. The van der Waals surface area contributed by atoms with Gasteiger partial charge in [0.25, 0.3) is 0 Å². The zero-order valence-electron chi connectivity index (χ0n) is 13.3. The maximum Gasteiger partial charge on any atom is 0.224 e. The smallest absolute Gasteiger partial charge is 0.224 e. The van der Waals surface area contributed by atoms with Crippen LogP contribution in [-0.2, 0) is 21.5 Å². The second-order valence-corrected chi connectivity index (χ2v) is 7.60. The van der Waals surface area contributed by atoms with Gasteiger partial charge in [0.15, 0.2) is 0 Å². The molecular formula is C16H26N2O2S. The third-order valence-corrected chi connectivity index (χ3v) is 5.09. The Morgan fingerprint density at radius 2 is 2.05 bits per heavy atom. The molecule has 0 spiro atoms. The van der Waals surface area contributed by atoms with E-state index in [1.54, 1.807) is 0 Å². The minimum Gasteiger partial charge on any atom is -0.378 e. The van der Waals surface area contributed by atoms with E-state index in [1.165, 1.54) is 9.75 Å². The van der Waals surface area contributed by atoms with Crippen LogP contribution >= 0.6 is 11.3 Å². The highest BCUT2D eigenvalue weighted by Gasteiger charge is 2.17. The summed E-state index contributed by atoms with van der Waals surface area (Å²) < 4.78 is 5.25. The van der Waals surface area contributed by atoms with E-state index < -0.39 is 0 Å². The SMILES string of the molecule is CC(C)(C)c1ccc(CNCCC(=O)N2CCOCC2)s1. The zero-order valence-corrected chi connectivity index (χ0v) is 14.1. The van der Waals surface area contributed by atoms with Crippen molar-refractivity contribution >= 4 is 17.2 Å². The molecule has 1 N–H and O–H groups in total. The van der Waals surface area contributed by atoms with Crippen LogP contribution < -0.4 is 5.32 Å². The van der Waals surface area contributed by atoms with Gasteiger partial charge in [0.05, 0.1) is 13.2 Å². The van der Waals surface area contributed by atoms with E-state index in [9.17, 15) is 4.79 Å². The largest absolute Gasteiger partial charge is 0.378 e. The number of ether oxygens (including phenoxy) is 1. The van der Waals surface area contributed by atoms with Gasteiger partial charge >= 0.3 is 0 Å². The van der Waals surface area contributed by atoms with Crippen molar-refractivity contribution in [1.29, 1.82) is 0 Å². The summed E-state index contributed by atoms with van der Waals surface area (Å²) in [5, 5.41) is 3.37. The summed E-state index contributed by atoms with van der Waals surface area (Å²) in [6.45, 7) is 11.1. The Bertz CT molecular complexity index is 459. The molecule has 118 valence electrons. The minimum atomic E-state index is 0.217. The van der Waals surface area contributed by atoms with Crippen LogP contribution in [-0.4, -0.2) is 43.7 Å². The molecule has 4 nitrogen and oxygen atoms in total. The molecule has 1 aliphatic rings. The predicted octanol–water partition coefficient (Wildman–Crippen LogP) is 2.38. The van der Waals surface area contributed by atoms with Crippen LogP contribution in [0.15, 0.2) is 12.1 Å². The molecule has 0 radical (unpaired) electrons. The van der Waals surface area contributed by atoms with Gasteiger partial charge in [-0.2, -0.15) is 0 Å². The Labute approximate surface area is 131 Å². The van der Waals surface area contributed by atoms with Gasteiger partial charge in [-0.25, -0.2) is 0 Å². The first-order valence-corrected chi connectivity index (χ1v) is 8.44.